The van der Waals surface area contributed by atoms with Gasteiger partial charge < -0.3 is 4.74 Å². The molecule has 3 unspecified atom stereocenters. The molecule has 1 fully saturated rings. The largest absolute Gasteiger partial charge is 0.468 e. The van der Waals surface area contributed by atoms with Crippen LogP contribution in [0.25, 0.3) is 0 Å². The highest BCUT2D eigenvalue weighted by atomic mass is 32.2. The van der Waals surface area contributed by atoms with Crippen molar-refractivity contribution < 1.29 is 17.9 Å². The first-order valence-corrected chi connectivity index (χ1v) is 7.93. The maximum atomic E-state index is 12.6. The molecule has 1 aromatic carbocycles. The summed E-state index contributed by atoms with van der Waals surface area (Å²) in [4.78, 5) is 12.1. The van der Waals surface area contributed by atoms with E-state index in [9.17, 15) is 13.2 Å². The fraction of sp³-hybridized carbons (Fsp3) is 0.500. The summed E-state index contributed by atoms with van der Waals surface area (Å²) in [6.07, 6.45) is 0.566. The lowest BCUT2D eigenvalue weighted by molar-refractivity contribution is -0.144. The Bertz CT molecular complexity index is 623. The maximum Gasteiger partial charge on any atom is 0.328 e. The minimum absolute atomic E-state index is 0.203. The first-order valence-electron chi connectivity index (χ1n) is 6.49. The first kappa shape index (κ1) is 15.0. The second kappa shape index (κ2) is 4.86. The van der Waals surface area contributed by atoms with E-state index in [2.05, 4.69) is 0 Å². The topological polar surface area (TPSA) is 63.5 Å². The van der Waals surface area contributed by atoms with Crippen molar-refractivity contribution in [2.45, 2.75) is 43.7 Å². The van der Waals surface area contributed by atoms with E-state index in [-0.39, 0.29) is 10.9 Å². The molecule has 20 heavy (non-hydrogen) atoms. The van der Waals surface area contributed by atoms with E-state index in [4.69, 9.17) is 4.74 Å². The van der Waals surface area contributed by atoms with Crippen molar-refractivity contribution in [2.24, 2.45) is 0 Å². The molecular weight excluding hydrogens is 278 g/mol. The molecule has 0 N–H and O–H groups in total. The average Bonchev–Trinajstić information content (AvgIpc) is 3.06. The van der Waals surface area contributed by atoms with Crippen LogP contribution in [0.5, 0.6) is 0 Å². The van der Waals surface area contributed by atoms with Gasteiger partial charge in [-0.25, -0.2) is 13.2 Å². The monoisotopic (exact) mass is 297 g/mol. The van der Waals surface area contributed by atoms with E-state index in [1.165, 1.54) is 11.4 Å². The van der Waals surface area contributed by atoms with Crippen LogP contribution in [0.2, 0.25) is 0 Å². The molecule has 0 aromatic heterocycles. The number of ether oxygens (including phenoxy) is 1. The number of carbonyl (C=O) groups is 1. The highest BCUT2D eigenvalue weighted by Crippen LogP contribution is 2.48. The van der Waals surface area contributed by atoms with Crippen LogP contribution in [-0.2, 0) is 19.6 Å². The number of aryl methyl sites for hydroxylation is 1. The number of benzene rings is 1. The number of hydrogen-bond acceptors (Lipinski definition) is 4. The van der Waals surface area contributed by atoms with Gasteiger partial charge in [0.1, 0.15) is 5.54 Å². The van der Waals surface area contributed by atoms with Crippen LogP contribution in [0.15, 0.2) is 29.2 Å². The van der Waals surface area contributed by atoms with E-state index in [0.29, 0.717) is 6.42 Å². The predicted octanol–water partition coefficient (Wildman–Crippen LogP) is 1.71. The Kier molecular flexibility index (Phi) is 3.64. The standard InChI is InChI=1S/C14H19NO4S/c1-5-12-14(3,13(16)19-4)15(12)20(17,18)11-8-6-10(2)7-9-11/h6-9,12H,5H2,1-4H3. The number of carbonyl (C=O) groups excluding carboxylic acids is 1. The summed E-state index contributed by atoms with van der Waals surface area (Å²) in [7, 11) is -2.40. The Morgan fingerprint density at radius 3 is 2.35 bits per heavy atom. The molecule has 0 bridgehead atoms. The second-order valence-electron chi connectivity index (χ2n) is 5.18. The molecule has 3 atom stereocenters. The zero-order valence-electron chi connectivity index (χ0n) is 12.1. The van der Waals surface area contributed by atoms with Crippen molar-refractivity contribution in [3.63, 3.8) is 0 Å². The molecule has 110 valence electrons. The normalized spacial score (nSPS) is 29.0. The van der Waals surface area contributed by atoms with Crippen molar-refractivity contribution in [1.29, 1.82) is 0 Å². The van der Waals surface area contributed by atoms with Gasteiger partial charge in [-0.3, -0.25) is 0 Å². The highest BCUT2D eigenvalue weighted by Gasteiger charge is 2.70. The molecule has 1 aliphatic rings. The van der Waals surface area contributed by atoms with Gasteiger partial charge in [0.15, 0.2) is 0 Å². The first-order chi connectivity index (χ1) is 9.30. The molecule has 0 aliphatic carbocycles. The lowest BCUT2D eigenvalue weighted by Gasteiger charge is -2.11. The number of hydrogen-bond donors (Lipinski definition) is 0. The van der Waals surface area contributed by atoms with Gasteiger partial charge in [-0.1, -0.05) is 24.6 Å². The van der Waals surface area contributed by atoms with Crippen molar-refractivity contribution in [1.82, 2.24) is 4.31 Å². The van der Waals surface area contributed by atoms with Gasteiger partial charge in [-0.2, -0.15) is 4.31 Å². The van der Waals surface area contributed by atoms with Gasteiger partial charge in [0, 0.05) is 0 Å². The van der Waals surface area contributed by atoms with E-state index in [1.54, 1.807) is 31.2 Å². The molecule has 2 rings (SSSR count). The Morgan fingerprint density at radius 1 is 1.35 bits per heavy atom. The number of methoxy groups -OCH3 is 1. The predicted molar refractivity (Wildman–Crippen MR) is 74.7 cm³/mol. The number of esters is 1. The summed E-state index contributed by atoms with van der Waals surface area (Å²) in [5.74, 6) is -0.514. The highest BCUT2D eigenvalue weighted by molar-refractivity contribution is 7.89. The molecule has 0 saturated carbocycles. The number of sulfonamides is 1. The van der Waals surface area contributed by atoms with Crippen LogP contribution in [0, 0.1) is 6.92 Å². The van der Waals surface area contributed by atoms with Gasteiger partial charge >= 0.3 is 5.97 Å². The Labute approximate surface area is 119 Å². The summed E-state index contributed by atoms with van der Waals surface area (Å²) >= 11 is 0. The zero-order chi connectivity index (χ0) is 15.1. The Balaban J connectivity index is 2.40. The third-order valence-corrected chi connectivity index (χ3v) is 5.90. The quantitative estimate of drug-likeness (QED) is 0.627. The van der Waals surface area contributed by atoms with E-state index in [0.717, 1.165) is 5.56 Å². The summed E-state index contributed by atoms with van der Waals surface area (Å²) in [5, 5.41) is 0. The van der Waals surface area contributed by atoms with E-state index >= 15 is 0 Å². The summed E-state index contributed by atoms with van der Waals surface area (Å²) in [6.45, 7) is 5.36. The smallest absolute Gasteiger partial charge is 0.328 e. The lowest BCUT2D eigenvalue weighted by Crippen LogP contribution is -2.30. The number of nitrogens with zero attached hydrogens (tertiary/aromatic N) is 1. The molecule has 1 aliphatic heterocycles. The van der Waals surface area contributed by atoms with Crippen LogP contribution >= 0.6 is 0 Å². The number of rotatable bonds is 4. The van der Waals surface area contributed by atoms with Crippen molar-refractivity contribution in [3.8, 4) is 0 Å². The SMILES string of the molecule is CCC1N(S(=O)(=O)c2ccc(C)cc2)C1(C)C(=O)OC. The van der Waals surface area contributed by atoms with Gasteiger partial charge in [0.25, 0.3) is 0 Å². The summed E-state index contributed by atoms with van der Waals surface area (Å²) < 4.78 is 31.2. The maximum absolute atomic E-state index is 12.6. The van der Waals surface area contributed by atoms with Gasteiger partial charge in [0.2, 0.25) is 10.0 Å². The van der Waals surface area contributed by atoms with Crippen LogP contribution in [-0.4, -0.2) is 37.4 Å². The summed E-state index contributed by atoms with van der Waals surface area (Å²) in [5.41, 5.74) is -0.106. The lowest BCUT2D eigenvalue weighted by atomic mass is 10.1. The van der Waals surface area contributed by atoms with Gasteiger partial charge in [-0.05, 0) is 32.4 Å². The third-order valence-electron chi connectivity index (χ3n) is 3.89. The van der Waals surface area contributed by atoms with Crippen molar-refractivity contribution in [3.05, 3.63) is 29.8 Å². The zero-order valence-corrected chi connectivity index (χ0v) is 12.9. The minimum atomic E-state index is -3.67. The Hall–Kier alpha value is -1.40. The fourth-order valence-corrected chi connectivity index (χ4v) is 4.71. The molecule has 0 amide bonds. The fourth-order valence-electron chi connectivity index (χ4n) is 2.66. The molecule has 6 heteroatoms. The van der Waals surface area contributed by atoms with Gasteiger partial charge in [0.05, 0.1) is 18.0 Å². The molecular formula is C14H19NO4S. The molecule has 1 aromatic rings. The molecule has 0 radical (unpaired) electrons. The van der Waals surface area contributed by atoms with E-state index in [1.807, 2.05) is 13.8 Å². The van der Waals surface area contributed by atoms with Crippen molar-refractivity contribution in [2.75, 3.05) is 7.11 Å². The molecule has 1 saturated heterocycles. The van der Waals surface area contributed by atoms with E-state index < -0.39 is 21.5 Å². The van der Waals surface area contributed by atoms with Crippen molar-refractivity contribution >= 4 is 16.0 Å². The van der Waals surface area contributed by atoms with Crippen LogP contribution < -0.4 is 0 Å². The van der Waals surface area contributed by atoms with Crippen LogP contribution in [0.1, 0.15) is 25.8 Å². The van der Waals surface area contributed by atoms with Gasteiger partial charge in [-0.15, -0.1) is 0 Å². The Morgan fingerprint density at radius 2 is 1.90 bits per heavy atom. The molecule has 1 heterocycles. The summed E-state index contributed by atoms with van der Waals surface area (Å²) in [6, 6.07) is 6.27. The molecule has 0 spiro atoms. The van der Waals surface area contributed by atoms with Crippen LogP contribution in [0.4, 0.5) is 0 Å². The van der Waals surface area contributed by atoms with Crippen LogP contribution in [0.3, 0.4) is 0 Å². The molecule has 5 nitrogen and oxygen atoms in total. The second-order valence-corrected chi connectivity index (χ2v) is 6.99. The third kappa shape index (κ3) is 2.03. The average molecular weight is 297 g/mol. The minimum Gasteiger partial charge on any atom is -0.468 e.